The molecule has 23 heavy (non-hydrogen) atoms. The third kappa shape index (κ3) is 5.98. The van der Waals surface area contributed by atoms with Gasteiger partial charge >= 0.3 is 0 Å². The molecule has 1 amide bonds. The van der Waals surface area contributed by atoms with E-state index in [1.54, 1.807) is 37.1 Å². The highest BCUT2D eigenvalue weighted by atomic mass is 35.5. The van der Waals surface area contributed by atoms with Crippen LogP contribution in [-0.2, 0) is 4.79 Å². The average Bonchev–Trinajstić information content (AvgIpc) is 2.53. The number of ether oxygens (including phenoxy) is 1. The number of thioether (sulfide) groups is 1. The number of carbonyl (C=O) groups is 1. The summed E-state index contributed by atoms with van der Waals surface area (Å²) in [4.78, 5) is 13.2. The van der Waals surface area contributed by atoms with Gasteiger partial charge in [0.1, 0.15) is 5.75 Å². The van der Waals surface area contributed by atoms with Crippen LogP contribution >= 0.6 is 35.0 Å². The number of methoxy groups -OCH3 is 1. The first-order chi connectivity index (χ1) is 11.1. The standard InChI is InChI=1S/C17H17Cl2NO2S/c1-22-16-9-6-13(19)11-15(16)20-17(21)3-2-10-23-14-7-4-12(18)5-8-14/h4-9,11H,2-3,10H2,1H3,(H,20,21). The molecule has 0 bridgehead atoms. The molecule has 0 aliphatic carbocycles. The normalized spacial score (nSPS) is 10.4. The summed E-state index contributed by atoms with van der Waals surface area (Å²) in [5.74, 6) is 1.41. The molecule has 0 aliphatic rings. The van der Waals surface area contributed by atoms with Crippen LogP contribution in [0.1, 0.15) is 12.8 Å². The lowest BCUT2D eigenvalue weighted by Crippen LogP contribution is -2.12. The monoisotopic (exact) mass is 369 g/mol. The van der Waals surface area contributed by atoms with Crippen molar-refractivity contribution >= 4 is 46.6 Å². The molecule has 3 nitrogen and oxygen atoms in total. The summed E-state index contributed by atoms with van der Waals surface area (Å²) >= 11 is 13.5. The molecule has 0 saturated heterocycles. The van der Waals surface area contributed by atoms with Gasteiger partial charge in [-0.3, -0.25) is 4.79 Å². The van der Waals surface area contributed by atoms with Crippen LogP contribution in [0.2, 0.25) is 10.0 Å². The minimum atomic E-state index is -0.0535. The second-order valence-electron chi connectivity index (χ2n) is 4.80. The molecule has 122 valence electrons. The lowest BCUT2D eigenvalue weighted by molar-refractivity contribution is -0.116. The zero-order valence-corrected chi connectivity index (χ0v) is 15.0. The summed E-state index contributed by atoms with van der Waals surface area (Å²) in [7, 11) is 1.56. The zero-order valence-electron chi connectivity index (χ0n) is 12.6. The van der Waals surface area contributed by atoms with Gasteiger partial charge in [-0.25, -0.2) is 0 Å². The molecule has 0 aromatic heterocycles. The van der Waals surface area contributed by atoms with E-state index in [1.807, 2.05) is 24.3 Å². The molecule has 0 heterocycles. The van der Waals surface area contributed by atoms with Crippen molar-refractivity contribution in [2.24, 2.45) is 0 Å². The lowest BCUT2D eigenvalue weighted by atomic mass is 10.2. The summed E-state index contributed by atoms with van der Waals surface area (Å²) in [6.45, 7) is 0. The SMILES string of the molecule is COc1ccc(Cl)cc1NC(=O)CCCSc1ccc(Cl)cc1. The number of nitrogens with one attached hydrogen (secondary N) is 1. The number of halogens is 2. The van der Waals surface area contributed by atoms with Gasteiger partial charge in [-0.1, -0.05) is 23.2 Å². The first-order valence-electron chi connectivity index (χ1n) is 7.10. The summed E-state index contributed by atoms with van der Waals surface area (Å²) in [6, 6.07) is 12.8. The van der Waals surface area contributed by atoms with Crippen LogP contribution < -0.4 is 10.1 Å². The number of benzene rings is 2. The van der Waals surface area contributed by atoms with Crippen molar-refractivity contribution in [1.29, 1.82) is 0 Å². The predicted octanol–water partition coefficient (Wildman–Crippen LogP) is 5.51. The van der Waals surface area contributed by atoms with E-state index in [9.17, 15) is 4.79 Å². The number of anilines is 1. The number of carbonyl (C=O) groups excluding carboxylic acids is 1. The number of amides is 1. The number of rotatable bonds is 7. The van der Waals surface area contributed by atoms with Crippen molar-refractivity contribution in [1.82, 2.24) is 0 Å². The van der Waals surface area contributed by atoms with E-state index in [2.05, 4.69) is 5.32 Å². The molecule has 0 fully saturated rings. The summed E-state index contributed by atoms with van der Waals surface area (Å²) in [6.07, 6.45) is 1.22. The molecule has 0 unspecified atom stereocenters. The summed E-state index contributed by atoms with van der Waals surface area (Å²) in [5.41, 5.74) is 0.593. The predicted molar refractivity (Wildman–Crippen MR) is 98.0 cm³/mol. The molecular weight excluding hydrogens is 353 g/mol. The van der Waals surface area contributed by atoms with E-state index in [0.717, 1.165) is 22.1 Å². The molecule has 1 N–H and O–H groups in total. The summed E-state index contributed by atoms with van der Waals surface area (Å²) < 4.78 is 5.21. The van der Waals surface area contributed by atoms with E-state index >= 15 is 0 Å². The van der Waals surface area contributed by atoms with Crippen LogP contribution in [0.25, 0.3) is 0 Å². The first-order valence-corrected chi connectivity index (χ1v) is 8.84. The van der Waals surface area contributed by atoms with Gasteiger partial charge in [0.15, 0.2) is 0 Å². The molecule has 0 aliphatic heterocycles. The third-order valence-electron chi connectivity index (χ3n) is 3.07. The molecular formula is C17H17Cl2NO2S. The fourth-order valence-corrected chi connectivity index (χ4v) is 3.10. The maximum atomic E-state index is 12.0. The molecule has 6 heteroatoms. The van der Waals surface area contributed by atoms with Gasteiger partial charge in [0.25, 0.3) is 0 Å². The van der Waals surface area contributed by atoms with Crippen LogP contribution in [0, 0.1) is 0 Å². The van der Waals surface area contributed by atoms with Crippen molar-refractivity contribution in [3.63, 3.8) is 0 Å². The van der Waals surface area contributed by atoms with Crippen molar-refractivity contribution in [3.05, 3.63) is 52.5 Å². The van der Waals surface area contributed by atoms with Crippen LogP contribution in [0.5, 0.6) is 5.75 Å². The second kappa shape index (κ2) is 9.06. The van der Waals surface area contributed by atoms with Crippen molar-refractivity contribution in [2.45, 2.75) is 17.7 Å². The van der Waals surface area contributed by atoms with Crippen molar-refractivity contribution in [3.8, 4) is 5.75 Å². The minimum absolute atomic E-state index is 0.0535. The molecule has 2 aromatic carbocycles. The van der Waals surface area contributed by atoms with Crippen LogP contribution in [0.3, 0.4) is 0 Å². The lowest BCUT2D eigenvalue weighted by Gasteiger charge is -2.10. The van der Waals surface area contributed by atoms with Gasteiger partial charge in [-0.05, 0) is 54.6 Å². The van der Waals surface area contributed by atoms with Crippen LogP contribution in [-0.4, -0.2) is 18.8 Å². The highest BCUT2D eigenvalue weighted by molar-refractivity contribution is 7.99. The van der Waals surface area contributed by atoms with Crippen LogP contribution in [0.4, 0.5) is 5.69 Å². The average molecular weight is 370 g/mol. The van der Waals surface area contributed by atoms with Gasteiger partial charge in [-0.2, -0.15) is 0 Å². The maximum Gasteiger partial charge on any atom is 0.224 e. The maximum absolute atomic E-state index is 12.0. The Morgan fingerprint density at radius 2 is 1.83 bits per heavy atom. The first kappa shape index (κ1) is 18.0. The van der Waals surface area contributed by atoms with Gasteiger partial charge in [-0.15, -0.1) is 11.8 Å². The van der Waals surface area contributed by atoms with Gasteiger partial charge in [0.2, 0.25) is 5.91 Å². The quantitative estimate of drug-likeness (QED) is 0.516. The van der Waals surface area contributed by atoms with E-state index in [4.69, 9.17) is 27.9 Å². The Balaban J connectivity index is 1.77. The highest BCUT2D eigenvalue weighted by Crippen LogP contribution is 2.28. The van der Waals surface area contributed by atoms with E-state index < -0.39 is 0 Å². The van der Waals surface area contributed by atoms with E-state index in [-0.39, 0.29) is 5.91 Å². The second-order valence-corrected chi connectivity index (χ2v) is 6.84. The van der Waals surface area contributed by atoms with Crippen molar-refractivity contribution in [2.75, 3.05) is 18.2 Å². The van der Waals surface area contributed by atoms with Crippen LogP contribution in [0.15, 0.2) is 47.4 Å². The van der Waals surface area contributed by atoms with Crippen molar-refractivity contribution < 1.29 is 9.53 Å². The Labute approximate surface area is 150 Å². The Bertz CT molecular complexity index is 662. The van der Waals surface area contributed by atoms with Gasteiger partial charge in [0, 0.05) is 21.4 Å². The molecule has 0 saturated carbocycles. The van der Waals surface area contributed by atoms with Gasteiger partial charge in [0.05, 0.1) is 12.8 Å². The largest absolute Gasteiger partial charge is 0.495 e. The van der Waals surface area contributed by atoms with E-state index in [1.165, 1.54) is 0 Å². The summed E-state index contributed by atoms with van der Waals surface area (Å²) in [5, 5.41) is 4.11. The minimum Gasteiger partial charge on any atom is -0.495 e. The fraction of sp³-hybridized carbons (Fsp3) is 0.235. The number of hydrogen-bond donors (Lipinski definition) is 1. The molecule has 2 rings (SSSR count). The van der Waals surface area contributed by atoms with E-state index in [0.29, 0.717) is 22.9 Å². The van der Waals surface area contributed by atoms with Gasteiger partial charge < -0.3 is 10.1 Å². The number of hydrogen-bond acceptors (Lipinski definition) is 3. The smallest absolute Gasteiger partial charge is 0.224 e. The topological polar surface area (TPSA) is 38.3 Å². The molecule has 0 spiro atoms. The Morgan fingerprint density at radius 1 is 1.13 bits per heavy atom. The molecule has 0 atom stereocenters. The molecule has 0 radical (unpaired) electrons. The Morgan fingerprint density at radius 3 is 2.52 bits per heavy atom. The highest BCUT2D eigenvalue weighted by Gasteiger charge is 2.08. The fourth-order valence-electron chi connectivity index (χ4n) is 1.94. The Hall–Kier alpha value is -1.36. The Kier molecular flexibility index (Phi) is 7.09. The third-order valence-corrected chi connectivity index (χ3v) is 4.65. The zero-order chi connectivity index (χ0) is 16.7. The molecule has 2 aromatic rings.